The van der Waals surface area contributed by atoms with Crippen molar-refractivity contribution in [3.05, 3.63) is 30.1 Å². The van der Waals surface area contributed by atoms with Gasteiger partial charge in [-0.1, -0.05) is 0 Å². The van der Waals surface area contributed by atoms with Crippen molar-refractivity contribution in [1.82, 2.24) is 5.32 Å². The van der Waals surface area contributed by atoms with Crippen molar-refractivity contribution >= 4 is 24.0 Å². The lowest BCUT2D eigenvalue weighted by Gasteiger charge is -2.21. The van der Waals surface area contributed by atoms with Crippen molar-refractivity contribution in [2.75, 3.05) is 18.4 Å². The standard InChI is InChI=1S/C12H15FN2O.ClH/c13-10-3-5-11(6-4-10)15-12(16)9-2-1-7-14-8-9;/h3-6,9,14H,1-2,7-8H2,(H,15,16);1H/t9-;/m0./s1. The van der Waals surface area contributed by atoms with Crippen LogP contribution < -0.4 is 10.6 Å². The predicted octanol–water partition coefficient (Wildman–Crippen LogP) is 2.19. The van der Waals surface area contributed by atoms with E-state index in [1.807, 2.05) is 0 Å². The molecule has 1 fully saturated rings. The van der Waals surface area contributed by atoms with Gasteiger partial charge in [-0.15, -0.1) is 12.4 Å². The van der Waals surface area contributed by atoms with E-state index in [2.05, 4.69) is 10.6 Å². The number of benzene rings is 1. The molecular formula is C12H16ClFN2O. The van der Waals surface area contributed by atoms with Crippen LogP contribution in [0.4, 0.5) is 10.1 Å². The summed E-state index contributed by atoms with van der Waals surface area (Å²) in [6, 6.07) is 5.83. The van der Waals surface area contributed by atoms with Crippen LogP contribution in [0.3, 0.4) is 0 Å². The number of carbonyl (C=O) groups is 1. The number of amides is 1. The van der Waals surface area contributed by atoms with Gasteiger partial charge >= 0.3 is 0 Å². The molecule has 0 spiro atoms. The van der Waals surface area contributed by atoms with Crippen LogP contribution in [0.2, 0.25) is 0 Å². The number of nitrogens with one attached hydrogen (secondary N) is 2. The largest absolute Gasteiger partial charge is 0.326 e. The summed E-state index contributed by atoms with van der Waals surface area (Å²) in [4.78, 5) is 11.8. The summed E-state index contributed by atoms with van der Waals surface area (Å²) >= 11 is 0. The third-order valence-electron chi connectivity index (χ3n) is 2.78. The van der Waals surface area contributed by atoms with Crippen molar-refractivity contribution in [2.45, 2.75) is 12.8 Å². The van der Waals surface area contributed by atoms with Crippen LogP contribution >= 0.6 is 12.4 Å². The minimum Gasteiger partial charge on any atom is -0.326 e. The van der Waals surface area contributed by atoms with Gasteiger partial charge in [-0.2, -0.15) is 0 Å². The van der Waals surface area contributed by atoms with E-state index in [1.165, 1.54) is 12.1 Å². The zero-order valence-electron chi connectivity index (χ0n) is 9.41. The number of hydrogen-bond acceptors (Lipinski definition) is 2. The summed E-state index contributed by atoms with van der Waals surface area (Å²) in [6.07, 6.45) is 1.95. The van der Waals surface area contributed by atoms with Crippen LogP contribution in [0.5, 0.6) is 0 Å². The molecule has 0 aromatic heterocycles. The number of halogens is 2. The van der Waals surface area contributed by atoms with Crippen molar-refractivity contribution in [3.63, 3.8) is 0 Å². The zero-order chi connectivity index (χ0) is 11.4. The Morgan fingerprint density at radius 3 is 2.65 bits per heavy atom. The first kappa shape index (κ1) is 13.9. The van der Waals surface area contributed by atoms with Crippen molar-refractivity contribution < 1.29 is 9.18 Å². The molecule has 1 heterocycles. The van der Waals surface area contributed by atoms with Gasteiger partial charge in [0, 0.05) is 12.2 Å². The maximum Gasteiger partial charge on any atom is 0.228 e. The molecular weight excluding hydrogens is 243 g/mol. The molecule has 0 bridgehead atoms. The second kappa shape index (κ2) is 6.57. The molecule has 1 amide bonds. The molecule has 1 aliphatic heterocycles. The van der Waals surface area contributed by atoms with Gasteiger partial charge in [-0.05, 0) is 43.7 Å². The number of carbonyl (C=O) groups excluding carboxylic acids is 1. The summed E-state index contributed by atoms with van der Waals surface area (Å²) in [7, 11) is 0. The SMILES string of the molecule is Cl.O=C(Nc1ccc(F)cc1)[C@H]1CCCNC1. The van der Waals surface area contributed by atoms with E-state index in [9.17, 15) is 9.18 Å². The van der Waals surface area contributed by atoms with Crippen molar-refractivity contribution in [1.29, 1.82) is 0 Å². The van der Waals surface area contributed by atoms with E-state index in [4.69, 9.17) is 0 Å². The third kappa shape index (κ3) is 3.98. The van der Waals surface area contributed by atoms with Crippen LogP contribution in [0.15, 0.2) is 24.3 Å². The van der Waals surface area contributed by atoms with E-state index < -0.39 is 0 Å². The molecule has 5 heteroatoms. The molecule has 94 valence electrons. The van der Waals surface area contributed by atoms with E-state index in [0.29, 0.717) is 5.69 Å². The minimum absolute atomic E-state index is 0. The molecule has 0 aliphatic carbocycles. The normalized spacial score (nSPS) is 19.2. The fraction of sp³-hybridized carbons (Fsp3) is 0.417. The maximum atomic E-state index is 12.7. The smallest absolute Gasteiger partial charge is 0.228 e. The monoisotopic (exact) mass is 258 g/mol. The highest BCUT2D eigenvalue weighted by Crippen LogP contribution is 2.14. The van der Waals surface area contributed by atoms with Gasteiger partial charge in [0.2, 0.25) is 5.91 Å². The topological polar surface area (TPSA) is 41.1 Å². The highest BCUT2D eigenvalue weighted by atomic mass is 35.5. The Labute approximate surface area is 106 Å². The van der Waals surface area contributed by atoms with Gasteiger partial charge in [0.1, 0.15) is 5.82 Å². The first-order valence-electron chi connectivity index (χ1n) is 5.53. The average Bonchev–Trinajstić information content (AvgIpc) is 2.33. The summed E-state index contributed by atoms with van der Waals surface area (Å²) < 4.78 is 12.7. The lowest BCUT2D eigenvalue weighted by molar-refractivity contribution is -0.120. The second-order valence-electron chi connectivity index (χ2n) is 4.04. The summed E-state index contributed by atoms with van der Waals surface area (Å²) in [5.74, 6) is -0.255. The molecule has 1 atom stereocenters. The summed E-state index contributed by atoms with van der Waals surface area (Å²) in [5, 5.41) is 5.98. The molecule has 1 saturated heterocycles. The van der Waals surface area contributed by atoms with Crippen molar-refractivity contribution in [2.24, 2.45) is 5.92 Å². The molecule has 0 radical (unpaired) electrons. The molecule has 17 heavy (non-hydrogen) atoms. The van der Waals surface area contributed by atoms with Crippen LogP contribution in [-0.2, 0) is 4.79 Å². The molecule has 3 nitrogen and oxygen atoms in total. The Hall–Kier alpha value is -1.13. The van der Waals surface area contributed by atoms with Gasteiger partial charge in [-0.25, -0.2) is 4.39 Å². The highest BCUT2D eigenvalue weighted by molar-refractivity contribution is 5.92. The van der Waals surface area contributed by atoms with Crippen LogP contribution in [-0.4, -0.2) is 19.0 Å². The molecule has 1 aromatic rings. The molecule has 2 N–H and O–H groups in total. The maximum absolute atomic E-state index is 12.7. The van der Waals surface area contributed by atoms with Crippen molar-refractivity contribution in [3.8, 4) is 0 Å². The lowest BCUT2D eigenvalue weighted by Crippen LogP contribution is -2.37. The molecule has 0 saturated carbocycles. The fourth-order valence-electron chi connectivity index (χ4n) is 1.85. The van der Waals surface area contributed by atoms with E-state index >= 15 is 0 Å². The molecule has 0 unspecified atom stereocenters. The highest BCUT2D eigenvalue weighted by Gasteiger charge is 2.20. The Bertz CT molecular complexity index is 363. The fourth-order valence-corrected chi connectivity index (χ4v) is 1.85. The number of hydrogen-bond donors (Lipinski definition) is 2. The first-order valence-corrected chi connectivity index (χ1v) is 5.53. The number of piperidine rings is 1. The summed E-state index contributed by atoms with van der Waals surface area (Å²) in [5.41, 5.74) is 0.650. The second-order valence-corrected chi connectivity index (χ2v) is 4.04. The number of anilines is 1. The Morgan fingerprint density at radius 1 is 1.35 bits per heavy atom. The van der Waals surface area contributed by atoms with Gasteiger partial charge < -0.3 is 10.6 Å². The zero-order valence-corrected chi connectivity index (χ0v) is 10.2. The average molecular weight is 259 g/mol. The van der Waals surface area contributed by atoms with E-state index in [1.54, 1.807) is 12.1 Å². The summed E-state index contributed by atoms with van der Waals surface area (Å²) in [6.45, 7) is 1.72. The van der Waals surface area contributed by atoms with Crippen LogP contribution in [0.25, 0.3) is 0 Å². The predicted molar refractivity (Wildman–Crippen MR) is 67.9 cm³/mol. The molecule has 1 aliphatic rings. The van der Waals surface area contributed by atoms with Crippen LogP contribution in [0.1, 0.15) is 12.8 Å². The Balaban J connectivity index is 0.00000144. The van der Waals surface area contributed by atoms with Gasteiger partial charge in [0.25, 0.3) is 0 Å². The lowest BCUT2D eigenvalue weighted by atomic mass is 9.99. The third-order valence-corrected chi connectivity index (χ3v) is 2.78. The Kier molecular flexibility index (Phi) is 5.38. The minimum atomic E-state index is -0.294. The van der Waals surface area contributed by atoms with E-state index in [-0.39, 0.29) is 30.0 Å². The van der Waals surface area contributed by atoms with Crippen LogP contribution in [0, 0.1) is 11.7 Å². The quantitative estimate of drug-likeness (QED) is 0.854. The molecule has 2 rings (SSSR count). The van der Waals surface area contributed by atoms with E-state index in [0.717, 1.165) is 25.9 Å². The van der Waals surface area contributed by atoms with Gasteiger partial charge in [-0.3, -0.25) is 4.79 Å². The van der Waals surface area contributed by atoms with Gasteiger partial charge in [0.05, 0.1) is 5.92 Å². The van der Waals surface area contributed by atoms with Gasteiger partial charge in [0.15, 0.2) is 0 Å². The number of rotatable bonds is 2. The molecule has 1 aromatic carbocycles. The Morgan fingerprint density at radius 2 is 2.06 bits per heavy atom. The first-order chi connectivity index (χ1) is 7.75.